The highest BCUT2D eigenvalue weighted by atomic mass is 16.2. The Hall–Kier alpha value is -0.860. The number of rotatable bonds is 2. The summed E-state index contributed by atoms with van der Waals surface area (Å²) in [5, 5.41) is 7.32. The Labute approximate surface area is 97.7 Å². The van der Waals surface area contributed by atoms with Crippen LogP contribution in [-0.2, 0) is 4.79 Å². The summed E-state index contributed by atoms with van der Waals surface area (Å²) in [5.74, 6) is 0.928. The molecule has 0 bridgehead atoms. The molecule has 0 unspecified atom stereocenters. The third-order valence-corrected chi connectivity index (χ3v) is 3.97. The number of carbonyl (C=O) groups is 1. The van der Waals surface area contributed by atoms with Crippen LogP contribution in [-0.4, -0.2) is 30.1 Å². The highest BCUT2D eigenvalue weighted by Gasteiger charge is 2.29. The van der Waals surface area contributed by atoms with E-state index in [0.717, 1.165) is 38.8 Å². The zero-order valence-corrected chi connectivity index (χ0v) is 9.95. The second-order valence-electron chi connectivity index (χ2n) is 5.18. The fourth-order valence-electron chi connectivity index (χ4n) is 2.98. The normalized spacial score (nSPS) is 31.1. The lowest BCUT2D eigenvalue weighted by molar-refractivity contribution is -0.137. The molecule has 2 aliphatic rings. The first-order chi connectivity index (χ1) is 7.81. The molecule has 3 nitrogen and oxygen atoms in total. The van der Waals surface area contributed by atoms with Crippen LogP contribution in [0, 0.1) is 17.2 Å². The molecule has 1 saturated heterocycles. The molecule has 0 radical (unpaired) electrons. The Morgan fingerprint density at radius 1 is 1.12 bits per heavy atom. The van der Waals surface area contributed by atoms with Gasteiger partial charge in [-0.3, -0.25) is 4.79 Å². The largest absolute Gasteiger partial charge is 0.342 e. The molecule has 0 spiro atoms. The first-order valence-electron chi connectivity index (χ1n) is 6.60. The Kier molecular flexibility index (Phi) is 3.97. The van der Waals surface area contributed by atoms with Crippen LogP contribution < -0.4 is 0 Å². The van der Waals surface area contributed by atoms with Crippen LogP contribution in [0.2, 0.25) is 0 Å². The lowest BCUT2D eigenvalue weighted by atomic mass is 9.81. The number of nitrogens with one attached hydrogen (secondary N) is 1. The van der Waals surface area contributed by atoms with Crippen molar-refractivity contribution in [1.29, 1.82) is 5.41 Å². The molecular weight excluding hydrogens is 200 g/mol. The molecule has 0 aromatic rings. The highest BCUT2D eigenvalue weighted by molar-refractivity contribution is 5.79. The van der Waals surface area contributed by atoms with Gasteiger partial charge in [0.25, 0.3) is 0 Å². The quantitative estimate of drug-likeness (QED) is 0.717. The van der Waals surface area contributed by atoms with Crippen molar-refractivity contribution in [2.75, 3.05) is 13.1 Å². The summed E-state index contributed by atoms with van der Waals surface area (Å²) in [4.78, 5) is 14.3. The van der Waals surface area contributed by atoms with Crippen LogP contribution in [0.25, 0.3) is 0 Å². The summed E-state index contributed by atoms with van der Waals surface area (Å²) in [7, 11) is 0. The monoisotopic (exact) mass is 222 g/mol. The van der Waals surface area contributed by atoms with E-state index in [-0.39, 0.29) is 5.92 Å². The number of carbonyl (C=O) groups excluding carboxylic acids is 1. The lowest BCUT2D eigenvalue weighted by Gasteiger charge is -2.33. The number of nitrogens with zero attached hydrogens (tertiary/aromatic N) is 1. The molecule has 0 aromatic carbocycles. The first kappa shape index (κ1) is 11.6. The first-order valence-corrected chi connectivity index (χ1v) is 6.60. The molecule has 1 amide bonds. The second kappa shape index (κ2) is 5.46. The minimum Gasteiger partial charge on any atom is -0.342 e. The van der Waals surface area contributed by atoms with Gasteiger partial charge in [-0.25, -0.2) is 0 Å². The Morgan fingerprint density at radius 3 is 2.56 bits per heavy atom. The van der Waals surface area contributed by atoms with Crippen molar-refractivity contribution in [3.63, 3.8) is 0 Å². The van der Waals surface area contributed by atoms with Gasteiger partial charge >= 0.3 is 0 Å². The molecule has 1 N–H and O–H groups in total. The predicted molar refractivity (Wildman–Crippen MR) is 64.7 cm³/mol. The topological polar surface area (TPSA) is 44.2 Å². The van der Waals surface area contributed by atoms with Gasteiger partial charge in [-0.05, 0) is 50.7 Å². The highest BCUT2D eigenvalue weighted by Crippen LogP contribution is 2.29. The summed E-state index contributed by atoms with van der Waals surface area (Å²) >= 11 is 0. The molecule has 2 fully saturated rings. The molecule has 2 rings (SSSR count). The Morgan fingerprint density at radius 2 is 1.88 bits per heavy atom. The minimum absolute atomic E-state index is 0.207. The van der Waals surface area contributed by atoms with Gasteiger partial charge in [-0.1, -0.05) is 6.42 Å². The van der Waals surface area contributed by atoms with Crippen LogP contribution in [0.15, 0.2) is 0 Å². The lowest BCUT2D eigenvalue weighted by Crippen LogP contribution is -2.41. The van der Waals surface area contributed by atoms with Gasteiger partial charge in [0.15, 0.2) is 0 Å². The van der Waals surface area contributed by atoms with Crippen LogP contribution in [0.3, 0.4) is 0 Å². The van der Waals surface area contributed by atoms with E-state index in [1.165, 1.54) is 25.5 Å². The third-order valence-electron chi connectivity index (χ3n) is 3.97. The second-order valence-corrected chi connectivity index (χ2v) is 5.18. The van der Waals surface area contributed by atoms with Crippen molar-refractivity contribution >= 4 is 12.1 Å². The van der Waals surface area contributed by atoms with Crippen molar-refractivity contribution in [2.24, 2.45) is 11.8 Å². The molecule has 0 aromatic heterocycles. The van der Waals surface area contributed by atoms with Gasteiger partial charge < -0.3 is 10.3 Å². The number of amides is 1. The Balaban J connectivity index is 1.90. The minimum atomic E-state index is 0.207. The summed E-state index contributed by atoms with van der Waals surface area (Å²) in [6.07, 6.45) is 9.34. The molecule has 90 valence electrons. The smallest absolute Gasteiger partial charge is 0.225 e. The molecule has 1 aliphatic carbocycles. The van der Waals surface area contributed by atoms with E-state index in [2.05, 4.69) is 4.90 Å². The van der Waals surface area contributed by atoms with E-state index in [1.54, 1.807) is 0 Å². The SMILES string of the molecule is N=C[C@H]1CCC[C@@H](C(=O)N2CCCCC2)C1. The zero-order chi connectivity index (χ0) is 11.4. The summed E-state index contributed by atoms with van der Waals surface area (Å²) in [6.45, 7) is 1.93. The average Bonchev–Trinajstić information content (AvgIpc) is 2.39. The van der Waals surface area contributed by atoms with E-state index < -0.39 is 0 Å². The van der Waals surface area contributed by atoms with Gasteiger partial charge in [-0.15, -0.1) is 0 Å². The van der Waals surface area contributed by atoms with Crippen molar-refractivity contribution in [1.82, 2.24) is 4.90 Å². The number of likely N-dealkylation sites (tertiary alicyclic amines) is 1. The molecule has 3 heteroatoms. The standard InChI is InChI=1S/C13H22N2O/c14-10-11-5-4-6-12(9-11)13(16)15-7-2-1-3-8-15/h10-12,14H,1-9H2/t11-,12+/m0/s1. The molecular formula is C13H22N2O. The van der Waals surface area contributed by atoms with Gasteiger partial charge in [0.2, 0.25) is 5.91 Å². The third kappa shape index (κ3) is 2.63. The van der Waals surface area contributed by atoms with E-state index >= 15 is 0 Å². The molecule has 1 heterocycles. The summed E-state index contributed by atoms with van der Waals surface area (Å²) < 4.78 is 0. The van der Waals surface area contributed by atoms with E-state index in [4.69, 9.17) is 5.41 Å². The van der Waals surface area contributed by atoms with E-state index in [0.29, 0.717) is 11.8 Å². The number of piperidine rings is 1. The summed E-state index contributed by atoms with van der Waals surface area (Å²) in [5.41, 5.74) is 0. The van der Waals surface area contributed by atoms with Crippen molar-refractivity contribution in [3.8, 4) is 0 Å². The van der Waals surface area contributed by atoms with Gasteiger partial charge in [0.1, 0.15) is 0 Å². The van der Waals surface area contributed by atoms with Crippen LogP contribution in [0.4, 0.5) is 0 Å². The fourth-order valence-corrected chi connectivity index (χ4v) is 2.98. The summed E-state index contributed by atoms with van der Waals surface area (Å²) in [6, 6.07) is 0. The van der Waals surface area contributed by atoms with Gasteiger partial charge in [0, 0.05) is 19.0 Å². The maximum atomic E-state index is 12.3. The van der Waals surface area contributed by atoms with Gasteiger partial charge in [0.05, 0.1) is 0 Å². The molecule has 1 aliphatic heterocycles. The maximum absolute atomic E-state index is 12.3. The van der Waals surface area contributed by atoms with Gasteiger partial charge in [-0.2, -0.15) is 0 Å². The van der Waals surface area contributed by atoms with Crippen LogP contribution >= 0.6 is 0 Å². The molecule has 1 saturated carbocycles. The molecule has 16 heavy (non-hydrogen) atoms. The van der Waals surface area contributed by atoms with Crippen molar-refractivity contribution in [2.45, 2.75) is 44.9 Å². The predicted octanol–water partition coefficient (Wildman–Crippen LogP) is 2.45. The molecule has 2 atom stereocenters. The zero-order valence-electron chi connectivity index (χ0n) is 9.95. The number of hydrogen-bond acceptors (Lipinski definition) is 2. The van der Waals surface area contributed by atoms with Crippen molar-refractivity contribution in [3.05, 3.63) is 0 Å². The fraction of sp³-hybridized carbons (Fsp3) is 0.846. The number of hydrogen-bond donors (Lipinski definition) is 1. The van der Waals surface area contributed by atoms with E-state index in [1.807, 2.05) is 0 Å². The average molecular weight is 222 g/mol. The van der Waals surface area contributed by atoms with Crippen LogP contribution in [0.5, 0.6) is 0 Å². The van der Waals surface area contributed by atoms with E-state index in [9.17, 15) is 4.79 Å². The maximum Gasteiger partial charge on any atom is 0.225 e. The Bertz CT molecular complexity index is 259. The van der Waals surface area contributed by atoms with Crippen molar-refractivity contribution < 1.29 is 4.79 Å². The van der Waals surface area contributed by atoms with Crippen LogP contribution in [0.1, 0.15) is 44.9 Å².